The van der Waals surface area contributed by atoms with Gasteiger partial charge in [0.2, 0.25) is 5.91 Å². The van der Waals surface area contributed by atoms with E-state index in [1.807, 2.05) is 6.07 Å². The van der Waals surface area contributed by atoms with Crippen molar-refractivity contribution in [1.82, 2.24) is 5.32 Å². The van der Waals surface area contributed by atoms with Crippen molar-refractivity contribution >= 4 is 5.91 Å². The fourth-order valence-corrected chi connectivity index (χ4v) is 2.29. The van der Waals surface area contributed by atoms with Crippen molar-refractivity contribution in [3.63, 3.8) is 0 Å². The third-order valence-electron chi connectivity index (χ3n) is 3.18. The molecule has 1 aliphatic heterocycles. The minimum Gasteiger partial charge on any atom is -0.493 e. The maximum absolute atomic E-state index is 11.7. The van der Waals surface area contributed by atoms with Crippen molar-refractivity contribution in [3.8, 4) is 5.75 Å². The largest absolute Gasteiger partial charge is 0.493 e. The fraction of sp³-hybridized carbons (Fsp3) is 0.562. The molecule has 1 aliphatic rings. The maximum atomic E-state index is 11.7. The standard InChI is InChI=1S/C16H23NO2/c1-16(2,3)11-15(18)17-8-6-12-4-5-14-13(10-12)7-9-19-14/h4-5,10H,6-9,11H2,1-3H3,(H,17,18). The minimum absolute atomic E-state index is 0.0506. The third-order valence-corrected chi connectivity index (χ3v) is 3.18. The lowest BCUT2D eigenvalue weighted by molar-refractivity contribution is -0.122. The summed E-state index contributed by atoms with van der Waals surface area (Å²) >= 11 is 0. The van der Waals surface area contributed by atoms with Gasteiger partial charge in [-0.2, -0.15) is 0 Å². The van der Waals surface area contributed by atoms with E-state index in [1.54, 1.807) is 0 Å². The zero-order chi connectivity index (χ0) is 13.9. The van der Waals surface area contributed by atoms with Crippen LogP contribution in [-0.2, 0) is 17.6 Å². The predicted molar refractivity (Wildman–Crippen MR) is 76.4 cm³/mol. The van der Waals surface area contributed by atoms with Crippen LogP contribution < -0.4 is 10.1 Å². The molecule has 3 heteroatoms. The van der Waals surface area contributed by atoms with Gasteiger partial charge >= 0.3 is 0 Å². The first kappa shape index (κ1) is 13.9. The number of hydrogen-bond donors (Lipinski definition) is 1. The van der Waals surface area contributed by atoms with Gasteiger partial charge in [-0.05, 0) is 29.0 Å². The van der Waals surface area contributed by atoms with Gasteiger partial charge in [0, 0.05) is 19.4 Å². The van der Waals surface area contributed by atoms with Gasteiger partial charge in [0.15, 0.2) is 0 Å². The summed E-state index contributed by atoms with van der Waals surface area (Å²) in [5, 5.41) is 2.99. The second-order valence-electron chi connectivity index (χ2n) is 6.38. The molecule has 2 rings (SSSR count). The lowest BCUT2D eigenvalue weighted by Gasteiger charge is -2.17. The van der Waals surface area contributed by atoms with E-state index in [4.69, 9.17) is 4.74 Å². The molecule has 0 aromatic heterocycles. The Hall–Kier alpha value is -1.51. The Morgan fingerprint density at radius 1 is 1.37 bits per heavy atom. The molecule has 0 bridgehead atoms. The summed E-state index contributed by atoms with van der Waals surface area (Å²) in [7, 11) is 0. The topological polar surface area (TPSA) is 38.3 Å². The summed E-state index contributed by atoms with van der Waals surface area (Å²) in [6, 6.07) is 6.31. The number of carbonyl (C=O) groups excluding carboxylic acids is 1. The van der Waals surface area contributed by atoms with E-state index < -0.39 is 0 Å². The summed E-state index contributed by atoms with van der Waals surface area (Å²) < 4.78 is 5.48. The highest BCUT2D eigenvalue weighted by Crippen LogP contribution is 2.25. The van der Waals surface area contributed by atoms with Gasteiger partial charge in [0.1, 0.15) is 5.75 Å². The van der Waals surface area contributed by atoms with E-state index in [-0.39, 0.29) is 11.3 Å². The highest BCUT2D eigenvalue weighted by Gasteiger charge is 2.15. The van der Waals surface area contributed by atoms with Crippen molar-refractivity contribution in [2.24, 2.45) is 5.41 Å². The zero-order valence-corrected chi connectivity index (χ0v) is 12.1. The smallest absolute Gasteiger partial charge is 0.220 e. The van der Waals surface area contributed by atoms with Crippen LogP contribution in [0.1, 0.15) is 38.3 Å². The first-order chi connectivity index (χ1) is 8.94. The molecular weight excluding hydrogens is 238 g/mol. The Morgan fingerprint density at radius 2 is 2.16 bits per heavy atom. The molecule has 0 atom stereocenters. The van der Waals surface area contributed by atoms with E-state index in [9.17, 15) is 4.79 Å². The van der Waals surface area contributed by atoms with Crippen LogP contribution in [0.2, 0.25) is 0 Å². The summed E-state index contributed by atoms with van der Waals surface area (Å²) in [6.07, 6.45) is 2.45. The molecule has 1 aromatic rings. The average Bonchev–Trinajstić information content (AvgIpc) is 2.73. The van der Waals surface area contributed by atoms with Crippen molar-refractivity contribution in [2.75, 3.05) is 13.2 Å². The molecule has 0 saturated heterocycles. The van der Waals surface area contributed by atoms with Crippen LogP contribution in [0, 0.1) is 5.41 Å². The van der Waals surface area contributed by atoms with Crippen LogP contribution in [0.4, 0.5) is 0 Å². The van der Waals surface area contributed by atoms with Crippen LogP contribution in [-0.4, -0.2) is 19.1 Å². The Kier molecular flexibility index (Phi) is 4.13. The van der Waals surface area contributed by atoms with Crippen molar-refractivity contribution < 1.29 is 9.53 Å². The van der Waals surface area contributed by atoms with E-state index in [2.05, 4.69) is 38.2 Å². The summed E-state index contributed by atoms with van der Waals surface area (Å²) in [5.74, 6) is 1.15. The molecule has 1 N–H and O–H groups in total. The Morgan fingerprint density at radius 3 is 2.89 bits per heavy atom. The van der Waals surface area contributed by atoms with Crippen molar-refractivity contribution in [2.45, 2.75) is 40.0 Å². The van der Waals surface area contributed by atoms with Crippen LogP contribution in [0.3, 0.4) is 0 Å². The average molecular weight is 261 g/mol. The number of fused-ring (bicyclic) bond motifs is 1. The summed E-state index contributed by atoms with van der Waals surface area (Å²) in [6.45, 7) is 7.73. The molecule has 0 radical (unpaired) electrons. The second-order valence-corrected chi connectivity index (χ2v) is 6.38. The Labute approximate surface area is 115 Å². The Balaban J connectivity index is 1.78. The summed E-state index contributed by atoms with van der Waals surface area (Å²) in [5.41, 5.74) is 2.61. The number of rotatable bonds is 4. The fourth-order valence-electron chi connectivity index (χ4n) is 2.29. The molecule has 1 amide bonds. The molecular formula is C16H23NO2. The first-order valence-electron chi connectivity index (χ1n) is 6.95. The number of hydrogen-bond acceptors (Lipinski definition) is 2. The van der Waals surface area contributed by atoms with Gasteiger partial charge in [-0.25, -0.2) is 0 Å². The van der Waals surface area contributed by atoms with E-state index in [1.165, 1.54) is 11.1 Å². The van der Waals surface area contributed by atoms with Gasteiger partial charge in [-0.3, -0.25) is 4.79 Å². The molecule has 3 nitrogen and oxygen atoms in total. The molecule has 104 valence electrons. The van der Waals surface area contributed by atoms with Crippen LogP contribution in [0.15, 0.2) is 18.2 Å². The van der Waals surface area contributed by atoms with Gasteiger partial charge in [0.25, 0.3) is 0 Å². The monoisotopic (exact) mass is 261 g/mol. The molecule has 0 fully saturated rings. The van der Waals surface area contributed by atoms with E-state index in [0.29, 0.717) is 13.0 Å². The quantitative estimate of drug-likeness (QED) is 0.905. The summed E-state index contributed by atoms with van der Waals surface area (Å²) in [4.78, 5) is 11.7. The maximum Gasteiger partial charge on any atom is 0.220 e. The normalized spacial score (nSPS) is 13.8. The number of carbonyl (C=O) groups is 1. The molecule has 1 aromatic carbocycles. The van der Waals surface area contributed by atoms with Crippen molar-refractivity contribution in [1.29, 1.82) is 0 Å². The van der Waals surface area contributed by atoms with Crippen LogP contribution in [0.25, 0.3) is 0 Å². The second kappa shape index (κ2) is 5.64. The van der Waals surface area contributed by atoms with Gasteiger partial charge < -0.3 is 10.1 Å². The van der Waals surface area contributed by atoms with Gasteiger partial charge in [-0.15, -0.1) is 0 Å². The van der Waals surface area contributed by atoms with E-state index in [0.717, 1.165) is 25.2 Å². The van der Waals surface area contributed by atoms with E-state index >= 15 is 0 Å². The zero-order valence-electron chi connectivity index (χ0n) is 12.1. The number of ether oxygens (including phenoxy) is 1. The molecule has 0 aliphatic carbocycles. The first-order valence-corrected chi connectivity index (χ1v) is 6.95. The van der Waals surface area contributed by atoms with Crippen molar-refractivity contribution in [3.05, 3.63) is 29.3 Å². The minimum atomic E-state index is 0.0506. The highest BCUT2D eigenvalue weighted by atomic mass is 16.5. The highest BCUT2D eigenvalue weighted by molar-refractivity contribution is 5.76. The number of nitrogens with one attached hydrogen (secondary N) is 1. The van der Waals surface area contributed by atoms with Gasteiger partial charge in [0.05, 0.1) is 6.61 Å². The molecule has 1 heterocycles. The van der Waals surface area contributed by atoms with Gasteiger partial charge in [-0.1, -0.05) is 32.9 Å². The van der Waals surface area contributed by atoms with Crippen LogP contribution in [0.5, 0.6) is 5.75 Å². The third kappa shape index (κ3) is 4.27. The molecule has 0 unspecified atom stereocenters. The number of benzene rings is 1. The lowest BCUT2D eigenvalue weighted by Crippen LogP contribution is -2.29. The Bertz CT molecular complexity index is 460. The molecule has 19 heavy (non-hydrogen) atoms. The predicted octanol–water partition coefficient (Wildman–Crippen LogP) is 2.72. The van der Waals surface area contributed by atoms with Crippen LogP contribution >= 0.6 is 0 Å². The number of amides is 1. The SMILES string of the molecule is CC(C)(C)CC(=O)NCCc1ccc2c(c1)CCO2. The molecule has 0 saturated carbocycles. The lowest BCUT2D eigenvalue weighted by atomic mass is 9.92. The molecule has 0 spiro atoms.